The Hall–Kier alpha value is -3.15. The van der Waals surface area contributed by atoms with E-state index in [0.29, 0.717) is 38.5 Å². The standard InChI is InChI=1S/C97H188N4O15P2/c1-9-17-23-29-35-41-45-49-53-59-65-71-77-95(104)115-91(73-67-61-55-39-33-27-21-13-5)85-89(100-93(102)75-69-63-57-51-47-43-37-31-25-19-11-3)87-113-117(107,109-81-15-7)111-83-79-98-97(106)99-80-84-112-118(108,110-82-16-8)114-88-90(101-94(103)76-70-64-58-52-48-44-38-32-26-20-12-4)86-92(74-68-62-56-40-34-28-22-14-6)116-96(105)78-72-66-60-54-50-46-42-36-30-24-18-10-2/h15-16,89-92H,7-14,17-88H2,1-6H3,(H,100,102)(H,101,103)(H2,98,99,106). The summed E-state index contributed by atoms with van der Waals surface area (Å²) < 4.78 is 76.7. The second-order valence-corrected chi connectivity index (χ2v) is 37.4. The zero-order valence-electron chi connectivity index (χ0n) is 77.6. The molecule has 6 atom stereocenters. The molecule has 696 valence electrons. The summed E-state index contributed by atoms with van der Waals surface area (Å²) in [6, 6.07) is -2.04. The predicted molar refractivity (Wildman–Crippen MR) is 494 cm³/mol. The highest BCUT2D eigenvalue weighted by atomic mass is 31.2. The summed E-state index contributed by atoms with van der Waals surface area (Å²) >= 11 is 0. The minimum atomic E-state index is -4.36. The number of esters is 2. The minimum Gasteiger partial charge on any atom is -0.462 e. The highest BCUT2D eigenvalue weighted by Gasteiger charge is 2.33. The number of phosphoric ester groups is 2. The number of hydrogen-bond acceptors (Lipinski definition) is 15. The number of carbonyl (C=O) groups excluding carboxylic acids is 5. The second kappa shape index (κ2) is 88.7. The number of ether oxygens (including phenoxy) is 2. The van der Waals surface area contributed by atoms with Gasteiger partial charge in [-0.1, -0.05) is 413 Å². The van der Waals surface area contributed by atoms with E-state index in [0.717, 1.165) is 141 Å². The van der Waals surface area contributed by atoms with Crippen LogP contribution >= 0.6 is 15.6 Å². The van der Waals surface area contributed by atoms with Gasteiger partial charge in [0.2, 0.25) is 11.8 Å². The van der Waals surface area contributed by atoms with Crippen molar-refractivity contribution in [3.05, 3.63) is 25.3 Å². The van der Waals surface area contributed by atoms with E-state index < -0.39 is 46.0 Å². The van der Waals surface area contributed by atoms with Crippen molar-refractivity contribution in [3.8, 4) is 0 Å². The quantitative estimate of drug-likeness (QED) is 0.0192. The van der Waals surface area contributed by atoms with Crippen LogP contribution in [0.2, 0.25) is 0 Å². The molecular weight excluding hydrogens is 1520 g/mol. The Balaban J connectivity index is 6.36. The van der Waals surface area contributed by atoms with E-state index in [9.17, 15) is 33.1 Å². The van der Waals surface area contributed by atoms with E-state index in [1.165, 1.54) is 269 Å². The number of rotatable bonds is 96. The molecular formula is C97H188N4O15P2. The first-order chi connectivity index (χ1) is 57.6. The number of carbonyl (C=O) groups is 5. The molecule has 0 spiro atoms. The maximum atomic E-state index is 14.5. The lowest BCUT2D eigenvalue weighted by atomic mass is 10.0. The maximum Gasteiger partial charge on any atom is 0.475 e. The van der Waals surface area contributed by atoms with Crippen LogP contribution in [0.1, 0.15) is 491 Å². The van der Waals surface area contributed by atoms with Gasteiger partial charge in [0.1, 0.15) is 12.2 Å². The summed E-state index contributed by atoms with van der Waals surface area (Å²) in [6.07, 6.45) is 76.9. The topological polar surface area (TPSA) is 241 Å². The molecule has 0 saturated carbocycles. The Kier molecular flexibility index (Phi) is 86.3. The first-order valence-corrected chi connectivity index (χ1v) is 52.9. The molecule has 0 fully saturated rings. The summed E-state index contributed by atoms with van der Waals surface area (Å²) in [5, 5.41) is 11.7. The SMILES string of the molecule is C=CCOP(=O)(OCCNC(=O)NCCOP(=O)(OCC=C)OCC(CC(CCCCCCCCCC)OC(=O)CCCCCCCCCCCCCC)NC(=O)CCCCCCCCCCCCC)OCC(CC(CCCCCCCCCC)OC(=O)CCCCCCCCCCCCCC)NC(=O)CCCCCCCCCCCCC. The molecule has 6 unspecified atom stereocenters. The molecule has 0 aliphatic heterocycles. The van der Waals surface area contributed by atoms with Crippen molar-refractivity contribution < 1.29 is 69.7 Å². The van der Waals surface area contributed by atoms with Crippen LogP contribution in [0.4, 0.5) is 4.79 Å². The predicted octanol–water partition coefficient (Wildman–Crippen LogP) is 29.2. The van der Waals surface area contributed by atoms with Crippen LogP contribution in [-0.2, 0) is 64.9 Å². The smallest absolute Gasteiger partial charge is 0.462 e. The zero-order valence-corrected chi connectivity index (χ0v) is 79.3. The van der Waals surface area contributed by atoms with Crippen molar-refractivity contribution in [3.63, 3.8) is 0 Å². The molecule has 0 aromatic carbocycles. The van der Waals surface area contributed by atoms with E-state index in [4.69, 9.17) is 36.6 Å². The van der Waals surface area contributed by atoms with Gasteiger partial charge in [-0.2, -0.15) is 0 Å². The molecule has 0 radical (unpaired) electrons. The molecule has 0 saturated heterocycles. The molecule has 0 aromatic heterocycles. The van der Waals surface area contributed by atoms with E-state index in [1.54, 1.807) is 0 Å². The third-order valence-electron chi connectivity index (χ3n) is 22.5. The lowest BCUT2D eigenvalue weighted by Gasteiger charge is -2.26. The highest BCUT2D eigenvalue weighted by Crippen LogP contribution is 2.50. The molecule has 0 aromatic rings. The van der Waals surface area contributed by atoms with Crippen LogP contribution in [0.15, 0.2) is 25.3 Å². The van der Waals surface area contributed by atoms with Gasteiger partial charge in [0.15, 0.2) is 0 Å². The number of phosphoric acid groups is 2. The first-order valence-electron chi connectivity index (χ1n) is 49.9. The summed E-state index contributed by atoms with van der Waals surface area (Å²) in [7, 11) is -8.71. The van der Waals surface area contributed by atoms with E-state index in [2.05, 4.69) is 76.0 Å². The highest BCUT2D eigenvalue weighted by molar-refractivity contribution is 7.48. The van der Waals surface area contributed by atoms with E-state index in [-0.39, 0.29) is 89.3 Å². The van der Waals surface area contributed by atoms with Gasteiger partial charge in [0, 0.05) is 51.6 Å². The third-order valence-corrected chi connectivity index (χ3v) is 25.4. The van der Waals surface area contributed by atoms with Crippen molar-refractivity contribution in [1.82, 2.24) is 21.3 Å². The third kappa shape index (κ3) is 80.0. The monoisotopic (exact) mass is 1710 g/mol. The van der Waals surface area contributed by atoms with Crippen molar-refractivity contribution in [2.45, 2.75) is 515 Å². The van der Waals surface area contributed by atoms with Crippen LogP contribution in [-0.4, -0.2) is 107 Å². The van der Waals surface area contributed by atoms with Crippen molar-refractivity contribution >= 4 is 45.4 Å². The maximum absolute atomic E-state index is 14.5. The molecule has 118 heavy (non-hydrogen) atoms. The Morgan fingerprint density at radius 3 is 0.746 bits per heavy atom. The average molecular weight is 1710 g/mol. The van der Waals surface area contributed by atoms with E-state index >= 15 is 0 Å². The number of amides is 4. The largest absolute Gasteiger partial charge is 0.475 e. The summed E-state index contributed by atoms with van der Waals surface area (Å²) in [5.41, 5.74) is 0. The van der Waals surface area contributed by atoms with Crippen molar-refractivity contribution in [2.24, 2.45) is 0 Å². The molecule has 4 amide bonds. The fourth-order valence-corrected chi connectivity index (χ4v) is 17.6. The molecule has 0 aliphatic carbocycles. The van der Waals surface area contributed by atoms with Gasteiger partial charge in [-0.25, -0.2) is 13.9 Å². The molecule has 19 nitrogen and oxygen atoms in total. The van der Waals surface area contributed by atoms with Gasteiger partial charge in [-0.15, -0.1) is 13.2 Å². The molecule has 0 heterocycles. The number of nitrogens with one attached hydrogen (secondary N) is 4. The molecule has 4 N–H and O–H groups in total. The van der Waals surface area contributed by atoms with Gasteiger partial charge >= 0.3 is 33.6 Å². The average Bonchev–Trinajstić information content (AvgIpc) is 0.881. The van der Waals surface area contributed by atoms with Crippen LogP contribution in [0.25, 0.3) is 0 Å². The number of hydrogen-bond donors (Lipinski definition) is 4. The Morgan fingerprint density at radius 1 is 0.288 bits per heavy atom. The van der Waals surface area contributed by atoms with Crippen molar-refractivity contribution in [2.75, 3.05) is 52.7 Å². The van der Waals surface area contributed by atoms with Crippen LogP contribution < -0.4 is 21.3 Å². The fourth-order valence-electron chi connectivity index (χ4n) is 15.2. The van der Waals surface area contributed by atoms with Crippen molar-refractivity contribution in [1.29, 1.82) is 0 Å². The molecule has 0 rings (SSSR count). The first kappa shape index (κ1) is 115. The Morgan fingerprint density at radius 2 is 0.508 bits per heavy atom. The van der Waals surface area contributed by atoms with Gasteiger partial charge in [-0.05, 0) is 51.4 Å². The zero-order chi connectivity index (χ0) is 86.2. The van der Waals surface area contributed by atoms with E-state index in [1.807, 2.05) is 0 Å². The molecule has 21 heteroatoms. The van der Waals surface area contributed by atoms with Crippen LogP contribution in [0.5, 0.6) is 0 Å². The van der Waals surface area contributed by atoms with Gasteiger partial charge in [0.25, 0.3) is 0 Å². The van der Waals surface area contributed by atoms with Crippen LogP contribution in [0, 0.1) is 0 Å². The lowest BCUT2D eigenvalue weighted by Crippen LogP contribution is -2.41. The Labute approximate surface area is 725 Å². The summed E-state index contributed by atoms with van der Waals surface area (Å²) in [4.78, 5) is 68.3. The molecule has 0 aliphatic rings. The Bertz CT molecular complexity index is 2220. The van der Waals surface area contributed by atoms with Gasteiger partial charge < -0.3 is 30.7 Å². The summed E-state index contributed by atoms with van der Waals surface area (Å²) in [6.45, 7) is 19.2. The molecule has 0 bridgehead atoms. The van der Waals surface area contributed by atoms with Crippen LogP contribution in [0.3, 0.4) is 0 Å². The fraction of sp³-hybridized carbons (Fsp3) is 0.907. The van der Waals surface area contributed by atoms with Gasteiger partial charge in [0.05, 0.1) is 51.7 Å². The number of urea groups is 1. The van der Waals surface area contributed by atoms with Gasteiger partial charge in [-0.3, -0.25) is 46.3 Å². The summed E-state index contributed by atoms with van der Waals surface area (Å²) in [5.74, 6) is -0.828. The second-order valence-electron chi connectivity index (χ2n) is 34.1. The lowest BCUT2D eigenvalue weighted by molar-refractivity contribution is -0.151. The normalized spacial score (nSPS) is 13.6. The number of unbranched alkanes of at least 4 members (excludes halogenated alkanes) is 56. The minimum absolute atomic E-state index is 0.127.